The Morgan fingerprint density at radius 3 is 2.91 bits per heavy atom. The Bertz CT molecular complexity index is 639. The molecule has 0 saturated carbocycles. The Balaban J connectivity index is 1.68. The lowest BCUT2D eigenvalue weighted by Crippen LogP contribution is -2.38. The van der Waals surface area contributed by atoms with Crippen LogP contribution >= 0.6 is 11.3 Å². The van der Waals surface area contributed by atoms with Gasteiger partial charge in [-0.05, 0) is 31.0 Å². The maximum Gasteiger partial charge on any atom is 0.191 e. The van der Waals surface area contributed by atoms with Gasteiger partial charge in [0.15, 0.2) is 5.96 Å². The molecule has 0 aliphatic carbocycles. The molecule has 0 fully saturated rings. The Kier molecular flexibility index (Phi) is 6.87. The van der Waals surface area contributed by atoms with Crippen LogP contribution in [0, 0.1) is 6.92 Å². The van der Waals surface area contributed by atoms with Crippen molar-refractivity contribution < 1.29 is 4.74 Å². The molecule has 0 atom stereocenters. The summed E-state index contributed by atoms with van der Waals surface area (Å²) in [5.74, 6) is 1.65. The Labute approximate surface area is 141 Å². The normalized spacial score (nSPS) is 11.3. The summed E-state index contributed by atoms with van der Waals surface area (Å²) < 4.78 is 5.71. The van der Waals surface area contributed by atoms with Crippen LogP contribution in [0.2, 0.25) is 0 Å². The summed E-state index contributed by atoms with van der Waals surface area (Å²) in [6.07, 6.45) is 2.97. The molecule has 2 N–H and O–H groups in total. The predicted octanol–water partition coefficient (Wildman–Crippen LogP) is 2.76. The highest BCUT2D eigenvalue weighted by atomic mass is 32.1. The fourth-order valence-electron chi connectivity index (χ4n) is 2.02. The van der Waals surface area contributed by atoms with E-state index >= 15 is 0 Å². The third kappa shape index (κ3) is 5.90. The molecule has 2 rings (SSSR count). The molecule has 124 valence electrons. The van der Waals surface area contributed by atoms with Crippen LogP contribution in [0.25, 0.3) is 0 Å². The molecule has 0 amide bonds. The van der Waals surface area contributed by atoms with Gasteiger partial charge < -0.3 is 15.4 Å². The zero-order valence-electron chi connectivity index (χ0n) is 13.9. The average Bonchev–Trinajstić information content (AvgIpc) is 3.02. The Morgan fingerprint density at radius 1 is 1.35 bits per heavy atom. The van der Waals surface area contributed by atoms with Crippen molar-refractivity contribution >= 4 is 17.3 Å². The first kappa shape index (κ1) is 17.3. The van der Waals surface area contributed by atoms with Crippen molar-refractivity contribution in [2.75, 3.05) is 20.2 Å². The smallest absolute Gasteiger partial charge is 0.191 e. The molecule has 0 spiro atoms. The zero-order chi connectivity index (χ0) is 16.5. The van der Waals surface area contributed by atoms with Crippen LogP contribution < -0.4 is 15.4 Å². The molecule has 1 aromatic carbocycles. The fourth-order valence-corrected chi connectivity index (χ4v) is 2.82. The van der Waals surface area contributed by atoms with Gasteiger partial charge in [0.1, 0.15) is 17.4 Å². The van der Waals surface area contributed by atoms with Gasteiger partial charge in [-0.1, -0.05) is 19.1 Å². The summed E-state index contributed by atoms with van der Waals surface area (Å²) in [4.78, 5) is 9.89. The van der Waals surface area contributed by atoms with Crippen LogP contribution in [0.15, 0.2) is 35.5 Å². The number of guanidine groups is 1. The quantitative estimate of drug-likeness (QED) is 0.465. The molecule has 0 bridgehead atoms. The number of ether oxygens (including phenoxy) is 1. The van der Waals surface area contributed by atoms with E-state index in [4.69, 9.17) is 4.74 Å². The number of aliphatic imine (C=N–C) groups is 1. The molecule has 0 unspecified atom stereocenters. The summed E-state index contributed by atoms with van der Waals surface area (Å²) in [6.45, 7) is 6.15. The standard InChI is InChI=1S/C17H24N4OS/c1-4-15-11-20-16(23-15)12-21-17(18-3)19-8-9-22-14-7-5-6-13(2)10-14/h5-7,10-11H,4,8-9,12H2,1-3H3,(H2,18,19,21). The molecule has 0 saturated heterocycles. The molecular formula is C17H24N4OS. The van der Waals surface area contributed by atoms with Crippen molar-refractivity contribution in [2.24, 2.45) is 4.99 Å². The van der Waals surface area contributed by atoms with Gasteiger partial charge in [0.25, 0.3) is 0 Å². The van der Waals surface area contributed by atoms with E-state index in [1.54, 1.807) is 18.4 Å². The summed E-state index contributed by atoms with van der Waals surface area (Å²) in [6, 6.07) is 8.05. The van der Waals surface area contributed by atoms with Crippen LogP contribution in [-0.2, 0) is 13.0 Å². The summed E-state index contributed by atoms with van der Waals surface area (Å²) in [7, 11) is 1.76. The minimum absolute atomic E-state index is 0.585. The summed E-state index contributed by atoms with van der Waals surface area (Å²) in [5, 5.41) is 7.57. The minimum Gasteiger partial charge on any atom is -0.492 e. The number of nitrogens with one attached hydrogen (secondary N) is 2. The molecule has 0 radical (unpaired) electrons. The van der Waals surface area contributed by atoms with Gasteiger partial charge in [-0.15, -0.1) is 11.3 Å². The molecule has 6 heteroatoms. The Morgan fingerprint density at radius 2 is 2.22 bits per heavy atom. The highest BCUT2D eigenvalue weighted by molar-refractivity contribution is 7.11. The lowest BCUT2D eigenvalue weighted by Gasteiger charge is -2.12. The van der Waals surface area contributed by atoms with E-state index in [1.807, 2.05) is 24.4 Å². The first-order valence-electron chi connectivity index (χ1n) is 7.79. The van der Waals surface area contributed by atoms with Crippen LogP contribution in [0.5, 0.6) is 5.75 Å². The molecule has 0 aliphatic heterocycles. The molecular weight excluding hydrogens is 308 g/mol. The monoisotopic (exact) mass is 332 g/mol. The SMILES string of the molecule is CCc1cnc(CNC(=NC)NCCOc2cccc(C)c2)s1. The fraction of sp³-hybridized carbons (Fsp3) is 0.412. The number of nitrogens with zero attached hydrogens (tertiary/aromatic N) is 2. The molecule has 2 aromatic rings. The van der Waals surface area contributed by atoms with Crippen LogP contribution in [-0.4, -0.2) is 31.1 Å². The number of aromatic nitrogens is 1. The van der Waals surface area contributed by atoms with E-state index in [0.717, 1.165) is 23.1 Å². The van der Waals surface area contributed by atoms with Crippen molar-refractivity contribution in [1.82, 2.24) is 15.6 Å². The van der Waals surface area contributed by atoms with Crippen molar-refractivity contribution in [3.05, 3.63) is 45.9 Å². The lowest BCUT2D eigenvalue weighted by atomic mass is 10.2. The third-order valence-electron chi connectivity index (χ3n) is 3.23. The van der Waals surface area contributed by atoms with Crippen LogP contribution in [0.3, 0.4) is 0 Å². The maximum absolute atomic E-state index is 5.71. The summed E-state index contributed by atoms with van der Waals surface area (Å²) in [5.41, 5.74) is 1.20. The van der Waals surface area contributed by atoms with Crippen LogP contribution in [0.4, 0.5) is 0 Å². The van der Waals surface area contributed by atoms with Gasteiger partial charge in [-0.3, -0.25) is 4.99 Å². The number of rotatable bonds is 7. The number of hydrogen-bond donors (Lipinski definition) is 2. The van der Waals surface area contributed by atoms with E-state index in [0.29, 0.717) is 19.7 Å². The average molecular weight is 332 g/mol. The van der Waals surface area contributed by atoms with E-state index in [-0.39, 0.29) is 0 Å². The zero-order valence-corrected chi connectivity index (χ0v) is 14.7. The molecule has 1 heterocycles. The predicted molar refractivity (Wildman–Crippen MR) is 96.4 cm³/mol. The van der Waals surface area contributed by atoms with E-state index in [1.165, 1.54) is 10.4 Å². The second-order valence-electron chi connectivity index (χ2n) is 5.09. The minimum atomic E-state index is 0.585. The number of thiazole rings is 1. The van der Waals surface area contributed by atoms with Gasteiger partial charge in [0.05, 0.1) is 13.1 Å². The Hall–Kier alpha value is -2.08. The van der Waals surface area contributed by atoms with Crippen molar-refractivity contribution in [1.29, 1.82) is 0 Å². The lowest BCUT2D eigenvalue weighted by molar-refractivity contribution is 0.321. The second-order valence-corrected chi connectivity index (χ2v) is 6.29. The number of aryl methyl sites for hydroxylation is 2. The molecule has 1 aromatic heterocycles. The molecule has 5 nitrogen and oxygen atoms in total. The van der Waals surface area contributed by atoms with Gasteiger partial charge in [0, 0.05) is 18.1 Å². The van der Waals surface area contributed by atoms with E-state index in [9.17, 15) is 0 Å². The number of benzene rings is 1. The van der Waals surface area contributed by atoms with E-state index in [2.05, 4.69) is 40.5 Å². The number of hydrogen-bond acceptors (Lipinski definition) is 4. The third-order valence-corrected chi connectivity index (χ3v) is 4.37. The second kappa shape index (κ2) is 9.15. The van der Waals surface area contributed by atoms with Gasteiger partial charge in [0.2, 0.25) is 0 Å². The summed E-state index contributed by atoms with van der Waals surface area (Å²) >= 11 is 1.73. The topological polar surface area (TPSA) is 58.5 Å². The first-order chi connectivity index (χ1) is 11.2. The highest BCUT2D eigenvalue weighted by Gasteiger charge is 2.02. The maximum atomic E-state index is 5.71. The van der Waals surface area contributed by atoms with Gasteiger partial charge >= 0.3 is 0 Å². The van der Waals surface area contributed by atoms with Crippen LogP contribution in [0.1, 0.15) is 22.4 Å². The first-order valence-corrected chi connectivity index (χ1v) is 8.60. The highest BCUT2D eigenvalue weighted by Crippen LogP contribution is 2.13. The molecule has 23 heavy (non-hydrogen) atoms. The van der Waals surface area contributed by atoms with Gasteiger partial charge in [-0.25, -0.2) is 4.98 Å². The largest absolute Gasteiger partial charge is 0.492 e. The van der Waals surface area contributed by atoms with Crippen molar-refractivity contribution in [3.8, 4) is 5.75 Å². The van der Waals surface area contributed by atoms with Crippen molar-refractivity contribution in [3.63, 3.8) is 0 Å². The van der Waals surface area contributed by atoms with E-state index < -0.39 is 0 Å². The van der Waals surface area contributed by atoms with Gasteiger partial charge in [-0.2, -0.15) is 0 Å². The molecule has 0 aliphatic rings. The van der Waals surface area contributed by atoms with Crippen molar-refractivity contribution in [2.45, 2.75) is 26.8 Å².